The molecule has 0 atom stereocenters. The summed E-state index contributed by atoms with van der Waals surface area (Å²) in [5.41, 5.74) is 0.471. The largest absolute Gasteiger partial charge is 0.310 e. The van der Waals surface area contributed by atoms with Gasteiger partial charge in [-0.15, -0.1) is 22.9 Å². The number of nitrogens with one attached hydrogen (secondary N) is 1. The van der Waals surface area contributed by atoms with Crippen molar-refractivity contribution in [3.05, 3.63) is 50.3 Å². The lowest BCUT2D eigenvalue weighted by molar-refractivity contribution is 0.923. The van der Waals surface area contributed by atoms with Gasteiger partial charge in [-0.25, -0.2) is 4.98 Å². The molecule has 0 unspecified atom stereocenters. The molecule has 0 radical (unpaired) electrons. The third-order valence-corrected chi connectivity index (χ3v) is 3.05. The minimum absolute atomic E-state index is 0.146. The van der Waals surface area contributed by atoms with Gasteiger partial charge in [-0.3, -0.25) is 4.79 Å². The Bertz CT molecular complexity index is 492. The van der Waals surface area contributed by atoms with Gasteiger partial charge < -0.3 is 4.98 Å². The van der Waals surface area contributed by atoms with Gasteiger partial charge in [-0.05, 0) is 11.4 Å². The predicted molar refractivity (Wildman–Crippen MR) is 61.5 cm³/mol. The van der Waals surface area contributed by atoms with Gasteiger partial charge >= 0.3 is 0 Å². The van der Waals surface area contributed by atoms with Gasteiger partial charge in [0.25, 0.3) is 5.56 Å². The molecular formula is C10H9ClN2OS. The van der Waals surface area contributed by atoms with Crippen LogP contribution in [0.4, 0.5) is 0 Å². The van der Waals surface area contributed by atoms with Crippen molar-refractivity contribution in [2.24, 2.45) is 0 Å². The molecule has 1 N–H and O–H groups in total. The number of hydrogen-bond donors (Lipinski definition) is 1. The average molecular weight is 241 g/mol. The Morgan fingerprint density at radius 2 is 2.40 bits per heavy atom. The van der Waals surface area contributed by atoms with Crippen LogP contribution in [0.15, 0.2) is 28.4 Å². The van der Waals surface area contributed by atoms with E-state index in [9.17, 15) is 4.79 Å². The number of H-pyrrole nitrogens is 1. The van der Waals surface area contributed by atoms with Gasteiger partial charge in [-0.1, -0.05) is 6.07 Å². The molecule has 0 bridgehead atoms. The molecule has 2 rings (SSSR count). The van der Waals surface area contributed by atoms with Gasteiger partial charge in [-0.2, -0.15) is 0 Å². The van der Waals surface area contributed by atoms with Crippen LogP contribution in [0.5, 0.6) is 0 Å². The maximum atomic E-state index is 11.2. The molecule has 2 heterocycles. The number of aromatic amines is 1. The summed E-state index contributed by atoms with van der Waals surface area (Å²) in [6.07, 6.45) is 0.650. The fraction of sp³-hybridized carbons (Fsp3) is 0.200. The Morgan fingerprint density at radius 1 is 1.53 bits per heavy atom. The lowest BCUT2D eigenvalue weighted by atomic mass is 10.3. The smallest absolute Gasteiger partial charge is 0.251 e. The molecule has 0 spiro atoms. The highest BCUT2D eigenvalue weighted by molar-refractivity contribution is 7.09. The van der Waals surface area contributed by atoms with E-state index in [0.717, 1.165) is 0 Å². The zero-order valence-corrected chi connectivity index (χ0v) is 9.44. The molecule has 0 saturated carbocycles. The van der Waals surface area contributed by atoms with Crippen molar-refractivity contribution in [1.82, 2.24) is 9.97 Å². The van der Waals surface area contributed by atoms with E-state index in [1.165, 1.54) is 10.9 Å². The Balaban J connectivity index is 2.28. The molecule has 0 amide bonds. The minimum atomic E-state index is -0.146. The lowest BCUT2D eigenvalue weighted by Gasteiger charge is -2.00. The van der Waals surface area contributed by atoms with E-state index in [-0.39, 0.29) is 11.4 Å². The normalized spacial score (nSPS) is 10.5. The van der Waals surface area contributed by atoms with Crippen LogP contribution in [-0.4, -0.2) is 9.97 Å². The summed E-state index contributed by atoms with van der Waals surface area (Å²) in [5, 5.41) is 2.00. The summed E-state index contributed by atoms with van der Waals surface area (Å²) in [7, 11) is 0. The molecule has 0 aromatic carbocycles. The molecule has 0 aliphatic rings. The van der Waals surface area contributed by atoms with Crippen LogP contribution >= 0.6 is 22.9 Å². The van der Waals surface area contributed by atoms with Gasteiger partial charge in [0.15, 0.2) is 0 Å². The van der Waals surface area contributed by atoms with Crippen LogP contribution in [0.1, 0.15) is 16.4 Å². The van der Waals surface area contributed by atoms with Crippen molar-refractivity contribution in [3.63, 3.8) is 0 Å². The van der Waals surface area contributed by atoms with Crippen LogP contribution in [0.2, 0.25) is 0 Å². The number of hydrogen-bond acceptors (Lipinski definition) is 3. The SMILES string of the molecule is O=c1cc(CCl)nc(Cc2cccs2)[nH]1. The molecule has 0 aliphatic carbocycles. The van der Waals surface area contributed by atoms with E-state index in [2.05, 4.69) is 9.97 Å². The summed E-state index contributed by atoms with van der Waals surface area (Å²) in [5.74, 6) is 0.932. The van der Waals surface area contributed by atoms with Crippen LogP contribution in [0.25, 0.3) is 0 Å². The molecule has 0 fully saturated rings. The molecule has 78 valence electrons. The monoisotopic (exact) mass is 240 g/mol. The number of aromatic nitrogens is 2. The molecule has 0 saturated heterocycles. The first kappa shape index (κ1) is 10.4. The summed E-state index contributed by atoms with van der Waals surface area (Å²) < 4.78 is 0. The summed E-state index contributed by atoms with van der Waals surface area (Å²) in [4.78, 5) is 19.4. The number of nitrogens with zero attached hydrogens (tertiary/aromatic N) is 1. The van der Waals surface area contributed by atoms with Crippen LogP contribution in [0, 0.1) is 0 Å². The molecule has 0 aliphatic heterocycles. The molecule has 5 heteroatoms. The highest BCUT2D eigenvalue weighted by atomic mass is 35.5. The maximum absolute atomic E-state index is 11.2. The van der Waals surface area contributed by atoms with E-state index < -0.39 is 0 Å². The van der Waals surface area contributed by atoms with Crippen molar-refractivity contribution in [3.8, 4) is 0 Å². The molecule has 3 nitrogen and oxygen atoms in total. The van der Waals surface area contributed by atoms with Crippen molar-refractivity contribution >= 4 is 22.9 Å². The average Bonchev–Trinajstić information content (AvgIpc) is 2.69. The van der Waals surface area contributed by atoms with Gasteiger partial charge in [0.2, 0.25) is 0 Å². The standard InChI is InChI=1S/C10H9ClN2OS/c11-6-7-4-10(14)13-9(12-7)5-8-2-1-3-15-8/h1-4H,5-6H2,(H,12,13,14). The predicted octanol–water partition coefficient (Wildman–Crippen LogP) is 2.16. The van der Waals surface area contributed by atoms with Crippen LogP contribution in [-0.2, 0) is 12.3 Å². The summed E-state index contributed by atoms with van der Waals surface area (Å²) >= 11 is 7.28. The fourth-order valence-electron chi connectivity index (χ4n) is 1.29. The minimum Gasteiger partial charge on any atom is -0.310 e. The summed E-state index contributed by atoms with van der Waals surface area (Å²) in [6, 6.07) is 5.41. The lowest BCUT2D eigenvalue weighted by Crippen LogP contribution is -2.12. The van der Waals surface area contributed by atoms with Crippen molar-refractivity contribution in [1.29, 1.82) is 0 Å². The van der Waals surface area contributed by atoms with Gasteiger partial charge in [0.1, 0.15) is 5.82 Å². The quantitative estimate of drug-likeness (QED) is 0.836. The Hall–Kier alpha value is -1.13. The zero-order chi connectivity index (χ0) is 10.7. The van der Waals surface area contributed by atoms with Gasteiger partial charge in [0, 0.05) is 17.4 Å². The maximum Gasteiger partial charge on any atom is 0.251 e. The molecule has 2 aromatic heterocycles. The first-order valence-electron chi connectivity index (χ1n) is 4.45. The topological polar surface area (TPSA) is 45.8 Å². The molecular weight excluding hydrogens is 232 g/mol. The zero-order valence-electron chi connectivity index (χ0n) is 7.87. The first-order chi connectivity index (χ1) is 7.28. The number of alkyl halides is 1. The Labute approximate surface area is 95.8 Å². The second kappa shape index (κ2) is 4.59. The van der Waals surface area contributed by atoms with Crippen LogP contribution in [0.3, 0.4) is 0 Å². The van der Waals surface area contributed by atoms with Crippen molar-refractivity contribution in [2.75, 3.05) is 0 Å². The second-order valence-corrected chi connectivity index (χ2v) is 4.37. The van der Waals surface area contributed by atoms with Gasteiger partial charge in [0.05, 0.1) is 11.6 Å². The number of rotatable bonds is 3. The summed E-state index contributed by atoms with van der Waals surface area (Å²) in [6.45, 7) is 0. The van der Waals surface area contributed by atoms with Crippen LogP contribution < -0.4 is 5.56 Å². The number of thiophene rings is 1. The first-order valence-corrected chi connectivity index (χ1v) is 5.87. The third kappa shape index (κ3) is 2.67. The Morgan fingerprint density at radius 3 is 3.07 bits per heavy atom. The molecule has 2 aromatic rings. The van der Waals surface area contributed by atoms with E-state index >= 15 is 0 Å². The highest BCUT2D eigenvalue weighted by Crippen LogP contribution is 2.11. The van der Waals surface area contributed by atoms with E-state index in [1.807, 2.05) is 17.5 Å². The number of halogens is 1. The van der Waals surface area contributed by atoms with Crippen molar-refractivity contribution in [2.45, 2.75) is 12.3 Å². The highest BCUT2D eigenvalue weighted by Gasteiger charge is 2.02. The molecule has 15 heavy (non-hydrogen) atoms. The third-order valence-electron chi connectivity index (χ3n) is 1.90. The van der Waals surface area contributed by atoms with E-state index in [4.69, 9.17) is 11.6 Å². The Kier molecular flexibility index (Phi) is 3.18. The second-order valence-electron chi connectivity index (χ2n) is 3.07. The fourth-order valence-corrected chi connectivity index (χ4v) is 2.14. The van der Waals surface area contributed by atoms with E-state index in [1.54, 1.807) is 11.3 Å². The van der Waals surface area contributed by atoms with Crippen molar-refractivity contribution < 1.29 is 0 Å². The van der Waals surface area contributed by atoms with E-state index in [0.29, 0.717) is 17.9 Å².